The third-order valence-electron chi connectivity index (χ3n) is 3.29. The maximum Gasteiger partial charge on any atom is 0.293 e. The zero-order valence-electron chi connectivity index (χ0n) is 10.6. The monoisotopic (exact) mass is 296 g/mol. The Balaban J connectivity index is 2.31. The second kappa shape index (κ2) is 6.00. The van der Waals surface area contributed by atoms with Crippen molar-refractivity contribution in [3.63, 3.8) is 0 Å². The molecule has 1 atom stereocenters. The molecular formula is C13H13ClN2O4. The van der Waals surface area contributed by atoms with Crippen molar-refractivity contribution in [2.45, 2.75) is 25.3 Å². The average molecular weight is 297 g/mol. The minimum absolute atomic E-state index is 0.0151. The van der Waals surface area contributed by atoms with Gasteiger partial charge in [0.25, 0.3) is 6.04 Å². The first-order valence-electron chi connectivity index (χ1n) is 6.23. The fourth-order valence-corrected chi connectivity index (χ4v) is 2.53. The van der Waals surface area contributed by atoms with Gasteiger partial charge < -0.3 is 4.90 Å². The highest BCUT2D eigenvalue weighted by Gasteiger charge is 2.26. The lowest BCUT2D eigenvalue weighted by molar-refractivity contribution is -0.511. The summed E-state index contributed by atoms with van der Waals surface area (Å²) in [5, 5.41) is 10.9. The van der Waals surface area contributed by atoms with Gasteiger partial charge in [0.05, 0.1) is 10.6 Å². The molecule has 1 fully saturated rings. The summed E-state index contributed by atoms with van der Waals surface area (Å²) in [4.78, 5) is 34.3. The Morgan fingerprint density at radius 2 is 2.15 bits per heavy atom. The Morgan fingerprint density at radius 3 is 2.70 bits per heavy atom. The highest BCUT2D eigenvalue weighted by atomic mass is 35.5. The predicted octanol–water partition coefficient (Wildman–Crippen LogP) is 2.37. The van der Waals surface area contributed by atoms with Crippen molar-refractivity contribution in [1.82, 2.24) is 0 Å². The number of rotatable bonds is 4. The van der Waals surface area contributed by atoms with Crippen molar-refractivity contribution in [1.29, 1.82) is 0 Å². The molecule has 1 aromatic rings. The topological polar surface area (TPSA) is 80.5 Å². The maximum atomic E-state index is 11.8. The Kier molecular flexibility index (Phi) is 4.34. The molecule has 0 bridgehead atoms. The molecule has 1 aromatic carbocycles. The van der Waals surface area contributed by atoms with Gasteiger partial charge in [0.15, 0.2) is 6.29 Å². The van der Waals surface area contributed by atoms with Crippen molar-refractivity contribution in [2.75, 3.05) is 11.4 Å². The molecule has 0 aliphatic carbocycles. The van der Waals surface area contributed by atoms with Crippen LogP contribution in [-0.4, -0.2) is 23.7 Å². The van der Waals surface area contributed by atoms with Crippen molar-refractivity contribution in [2.24, 2.45) is 0 Å². The Hall–Kier alpha value is -1.95. The fourth-order valence-electron chi connectivity index (χ4n) is 2.24. The lowest BCUT2D eigenvalue weighted by Crippen LogP contribution is -2.35. The summed E-state index contributed by atoms with van der Waals surface area (Å²) in [5.74, 6) is 0.0151. The first-order chi connectivity index (χ1) is 9.54. The predicted molar refractivity (Wildman–Crippen MR) is 73.5 cm³/mol. The van der Waals surface area contributed by atoms with Crippen LogP contribution in [0.3, 0.4) is 0 Å². The van der Waals surface area contributed by atoms with E-state index in [0.717, 1.165) is 12.8 Å². The molecule has 0 radical (unpaired) electrons. The first kappa shape index (κ1) is 14.5. The van der Waals surface area contributed by atoms with Gasteiger partial charge >= 0.3 is 0 Å². The number of halogens is 1. The molecule has 1 amide bonds. The van der Waals surface area contributed by atoms with Gasteiger partial charge in [-0.3, -0.25) is 19.7 Å². The number of aldehydes is 1. The highest BCUT2D eigenvalue weighted by Crippen LogP contribution is 2.30. The third-order valence-corrected chi connectivity index (χ3v) is 3.62. The zero-order chi connectivity index (χ0) is 14.7. The van der Waals surface area contributed by atoms with Crippen LogP contribution in [0.1, 0.15) is 30.9 Å². The zero-order valence-corrected chi connectivity index (χ0v) is 11.4. The Morgan fingerprint density at radius 1 is 1.40 bits per heavy atom. The second-order valence-corrected chi connectivity index (χ2v) is 4.98. The van der Waals surface area contributed by atoms with Gasteiger partial charge in [-0.25, -0.2) is 0 Å². The molecule has 0 spiro atoms. The molecule has 0 saturated carbocycles. The van der Waals surface area contributed by atoms with Gasteiger partial charge in [-0.05, 0) is 31.0 Å². The number of carbonyl (C=O) groups excluding carboxylic acids is 2. The van der Waals surface area contributed by atoms with E-state index in [2.05, 4.69) is 0 Å². The Labute approximate surface area is 120 Å². The van der Waals surface area contributed by atoms with Gasteiger partial charge in [-0.15, -0.1) is 0 Å². The van der Waals surface area contributed by atoms with Crippen molar-refractivity contribution < 1.29 is 14.5 Å². The van der Waals surface area contributed by atoms with E-state index in [1.54, 1.807) is 11.0 Å². The number of amides is 1. The normalized spacial score (nSPS) is 16.9. The molecule has 1 unspecified atom stereocenters. The van der Waals surface area contributed by atoms with E-state index < -0.39 is 11.0 Å². The molecule has 7 heteroatoms. The molecule has 2 rings (SSSR count). The molecule has 106 valence electrons. The summed E-state index contributed by atoms with van der Waals surface area (Å²) in [6.45, 7) is 0.612. The molecule has 1 aliphatic heterocycles. The van der Waals surface area contributed by atoms with E-state index in [1.165, 1.54) is 12.1 Å². The molecule has 0 aromatic heterocycles. The first-order valence-corrected chi connectivity index (χ1v) is 6.61. The van der Waals surface area contributed by atoms with Crippen molar-refractivity contribution >= 4 is 29.5 Å². The summed E-state index contributed by atoms with van der Waals surface area (Å²) < 4.78 is 0. The summed E-state index contributed by atoms with van der Waals surface area (Å²) >= 11 is 6.01. The van der Waals surface area contributed by atoms with Gasteiger partial charge in [0, 0.05) is 23.6 Å². The van der Waals surface area contributed by atoms with Crippen LogP contribution in [0, 0.1) is 10.1 Å². The standard InChI is InChI=1S/C13H13ClN2O4/c14-11-7-9(15-6-2-1-3-13(15)18)4-5-10(11)12(8-17)16(19)20/h4-5,7-8,12H,1-3,6H2. The van der Waals surface area contributed by atoms with Gasteiger partial charge in [-0.2, -0.15) is 0 Å². The highest BCUT2D eigenvalue weighted by molar-refractivity contribution is 6.32. The number of nitro groups is 1. The summed E-state index contributed by atoms with van der Waals surface area (Å²) in [5.41, 5.74) is 0.747. The number of piperidine rings is 1. The number of carbonyl (C=O) groups is 2. The quantitative estimate of drug-likeness (QED) is 0.485. The molecule has 0 N–H and O–H groups in total. The minimum atomic E-state index is -1.48. The van der Waals surface area contributed by atoms with E-state index in [0.29, 0.717) is 18.7 Å². The second-order valence-electron chi connectivity index (χ2n) is 4.57. The van der Waals surface area contributed by atoms with Crippen LogP contribution >= 0.6 is 11.6 Å². The van der Waals surface area contributed by atoms with Crippen LogP contribution in [0.15, 0.2) is 18.2 Å². The number of hydrogen-bond donors (Lipinski definition) is 0. The van der Waals surface area contributed by atoms with E-state index >= 15 is 0 Å². The molecule has 1 aliphatic rings. The average Bonchev–Trinajstić information content (AvgIpc) is 2.41. The number of nitrogens with zero attached hydrogens (tertiary/aromatic N) is 2. The SMILES string of the molecule is O=CC(c1ccc(N2CCCCC2=O)cc1Cl)[N+](=O)[O-]. The van der Waals surface area contributed by atoms with Crippen LogP contribution in [0.2, 0.25) is 5.02 Å². The largest absolute Gasteiger partial charge is 0.312 e. The molecule has 1 heterocycles. The molecule has 1 saturated heterocycles. The van der Waals surface area contributed by atoms with E-state index in [4.69, 9.17) is 11.6 Å². The molecule has 6 nitrogen and oxygen atoms in total. The van der Waals surface area contributed by atoms with E-state index in [9.17, 15) is 19.7 Å². The molecule has 20 heavy (non-hydrogen) atoms. The lowest BCUT2D eigenvalue weighted by atomic mass is 10.1. The van der Waals surface area contributed by atoms with Crippen LogP contribution in [0.4, 0.5) is 5.69 Å². The fraction of sp³-hybridized carbons (Fsp3) is 0.385. The number of benzene rings is 1. The summed E-state index contributed by atoms with van der Waals surface area (Å²) in [6, 6.07) is 3.04. The summed E-state index contributed by atoms with van der Waals surface area (Å²) in [7, 11) is 0. The third kappa shape index (κ3) is 2.80. The molecular weight excluding hydrogens is 284 g/mol. The summed E-state index contributed by atoms with van der Waals surface area (Å²) in [6.07, 6.45) is 2.52. The number of hydrogen-bond acceptors (Lipinski definition) is 4. The van der Waals surface area contributed by atoms with Crippen LogP contribution in [0.25, 0.3) is 0 Å². The van der Waals surface area contributed by atoms with Gasteiger partial charge in [-0.1, -0.05) is 11.6 Å². The van der Waals surface area contributed by atoms with Gasteiger partial charge in [0.2, 0.25) is 5.91 Å². The van der Waals surface area contributed by atoms with Crippen LogP contribution in [-0.2, 0) is 9.59 Å². The van der Waals surface area contributed by atoms with Gasteiger partial charge in [0.1, 0.15) is 0 Å². The Bertz CT molecular complexity index is 561. The van der Waals surface area contributed by atoms with E-state index in [1.807, 2.05) is 0 Å². The smallest absolute Gasteiger partial charge is 0.293 e. The minimum Gasteiger partial charge on any atom is -0.312 e. The lowest BCUT2D eigenvalue weighted by Gasteiger charge is -2.27. The number of anilines is 1. The van der Waals surface area contributed by atoms with Crippen molar-refractivity contribution in [3.05, 3.63) is 38.9 Å². The van der Waals surface area contributed by atoms with Crippen LogP contribution < -0.4 is 4.90 Å². The van der Waals surface area contributed by atoms with Crippen molar-refractivity contribution in [3.8, 4) is 0 Å². The van der Waals surface area contributed by atoms with Crippen LogP contribution in [0.5, 0.6) is 0 Å². The van der Waals surface area contributed by atoms with E-state index in [-0.39, 0.29) is 22.8 Å². The maximum absolute atomic E-state index is 11.8.